The highest BCUT2D eigenvalue weighted by Gasteiger charge is 2.10. The van der Waals surface area contributed by atoms with Crippen molar-refractivity contribution >= 4 is 43.2 Å². The minimum atomic E-state index is 0.480. The van der Waals surface area contributed by atoms with Crippen molar-refractivity contribution in [1.82, 2.24) is 4.98 Å². The molecule has 0 unspecified atom stereocenters. The lowest BCUT2D eigenvalue weighted by molar-refractivity contribution is 0.298. The maximum Gasteiger partial charge on any atom is 0.148 e. The Balaban J connectivity index is 2.05. The number of benzene rings is 1. The Morgan fingerprint density at radius 1 is 1.24 bits per heavy atom. The van der Waals surface area contributed by atoms with Gasteiger partial charge in [-0.05, 0) is 75.4 Å². The first kappa shape index (κ1) is 16.9. The second-order valence-corrected chi connectivity index (χ2v) is 7.35. The molecule has 2 rings (SSSR count). The first-order valence-electron chi connectivity index (χ1n) is 6.88. The Morgan fingerprint density at radius 3 is 2.57 bits per heavy atom. The Bertz CT molecular complexity index is 578. The molecule has 21 heavy (non-hydrogen) atoms. The van der Waals surface area contributed by atoms with Gasteiger partial charge in [0, 0.05) is 5.38 Å². The molecular weight excluding hydrogens is 416 g/mol. The molecule has 114 valence electrons. The number of nitrogens with zero attached hydrogens (tertiary/aromatic N) is 1. The monoisotopic (exact) mass is 432 g/mol. The summed E-state index contributed by atoms with van der Waals surface area (Å²) in [6.45, 7) is 3.28. The van der Waals surface area contributed by atoms with E-state index in [1.165, 1.54) is 10.6 Å². The van der Waals surface area contributed by atoms with Gasteiger partial charge in [0.15, 0.2) is 0 Å². The summed E-state index contributed by atoms with van der Waals surface area (Å²) in [5.41, 5.74) is 7.75. The zero-order valence-corrected chi connectivity index (χ0v) is 15.9. The summed E-state index contributed by atoms with van der Waals surface area (Å²) in [6, 6.07) is 4.10. The van der Waals surface area contributed by atoms with Crippen molar-refractivity contribution in [3.05, 3.63) is 42.7 Å². The topological polar surface area (TPSA) is 48.1 Å². The van der Waals surface area contributed by atoms with Crippen LogP contribution in [0.15, 0.2) is 26.5 Å². The van der Waals surface area contributed by atoms with E-state index < -0.39 is 0 Å². The van der Waals surface area contributed by atoms with E-state index >= 15 is 0 Å². The summed E-state index contributed by atoms with van der Waals surface area (Å²) in [5, 5.41) is 3.24. The normalized spacial score (nSPS) is 10.9. The van der Waals surface area contributed by atoms with Crippen molar-refractivity contribution in [1.29, 1.82) is 0 Å². The number of hydrogen-bond donors (Lipinski definition) is 1. The van der Waals surface area contributed by atoms with Crippen LogP contribution in [0, 0.1) is 0 Å². The van der Waals surface area contributed by atoms with Gasteiger partial charge in [-0.3, -0.25) is 0 Å². The molecule has 0 aliphatic heterocycles. The van der Waals surface area contributed by atoms with Crippen LogP contribution >= 0.6 is 43.2 Å². The van der Waals surface area contributed by atoms with Crippen molar-refractivity contribution in [2.45, 2.75) is 32.8 Å². The van der Waals surface area contributed by atoms with E-state index in [1.54, 1.807) is 11.3 Å². The van der Waals surface area contributed by atoms with Gasteiger partial charge < -0.3 is 10.5 Å². The largest absolute Gasteiger partial charge is 0.485 e. The Kier molecular flexibility index (Phi) is 6.67. The van der Waals surface area contributed by atoms with Crippen LogP contribution in [0.4, 0.5) is 0 Å². The molecule has 6 heteroatoms. The molecule has 0 amide bonds. The number of nitrogens with two attached hydrogens (primary N) is 1. The third kappa shape index (κ3) is 4.77. The summed E-state index contributed by atoms with van der Waals surface area (Å²) in [7, 11) is 0. The van der Waals surface area contributed by atoms with Gasteiger partial charge in [0.1, 0.15) is 12.4 Å². The highest BCUT2D eigenvalue weighted by molar-refractivity contribution is 9.11. The van der Waals surface area contributed by atoms with Crippen molar-refractivity contribution in [2.75, 3.05) is 6.54 Å². The van der Waals surface area contributed by atoms with Crippen molar-refractivity contribution in [2.24, 2.45) is 5.73 Å². The fraction of sp³-hybridized carbons (Fsp3) is 0.400. The predicted octanol–water partition coefficient (Wildman–Crippen LogP) is 4.70. The van der Waals surface area contributed by atoms with E-state index in [-0.39, 0.29) is 0 Å². The van der Waals surface area contributed by atoms with Gasteiger partial charge in [-0.15, -0.1) is 11.3 Å². The van der Waals surface area contributed by atoms with Crippen molar-refractivity contribution in [3.63, 3.8) is 0 Å². The predicted molar refractivity (Wildman–Crippen MR) is 95.0 cm³/mol. The molecule has 0 saturated heterocycles. The van der Waals surface area contributed by atoms with Crippen molar-refractivity contribution < 1.29 is 4.74 Å². The van der Waals surface area contributed by atoms with E-state index in [4.69, 9.17) is 10.5 Å². The van der Waals surface area contributed by atoms with Gasteiger partial charge in [-0.25, -0.2) is 4.98 Å². The quantitative estimate of drug-likeness (QED) is 0.688. The molecular formula is C15H18Br2N2OS. The molecule has 2 aromatic rings. The van der Waals surface area contributed by atoms with E-state index in [9.17, 15) is 0 Å². The number of halogens is 2. The third-order valence-corrected chi connectivity index (χ3v) is 5.05. The summed E-state index contributed by atoms with van der Waals surface area (Å²) in [5.74, 6) is 0.806. The van der Waals surface area contributed by atoms with Crippen LogP contribution in [-0.4, -0.2) is 11.5 Å². The van der Waals surface area contributed by atoms with Crippen LogP contribution in [0.3, 0.4) is 0 Å². The zero-order chi connectivity index (χ0) is 15.2. The van der Waals surface area contributed by atoms with Gasteiger partial charge in [0.05, 0.1) is 19.6 Å². The summed E-state index contributed by atoms with van der Waals surface area (Å²) in [4.78, 5) is 4.57. The molecule has 0 saturated carbocycles. The SMILES string of the molecule is CCCc1nc(COc2c(Br)cc(CCN)cc2Br)cs1. The molecule has 0 atom stereocenters. The number of aromatic nitrogens is 1. The summed E-state index contributed by atoms with van der Waals surface area (Å²) < 4.78 is 7.77. The fourth-order valence-electron chi connectivity index (χ4n) is 1.95. The molecule has 0 aliphatic rings. The molecule has 1 aromatic carbocycles. The Hall–Kier alpha value is -0.430. The lowest BCUT2D eigenvalue weighted by Crippen LogP contribution is -2.03. The number of thiazole rings is 1. The average Bonchev–Trinajstić information content (AvgIpc) is 2.86. The maximum atomic E-state index is 5.90. The molecule has 0 fully saturated rings. The van der Waals surface area contributed by atoms with E-state index in [1.807, 2.05) is 0 Å². The number of hydrogen-bond acceptors (Lipinski definition) is 4. The number of ether oxygens (including phenoxy) is 1. The zero-order valence-electron chi connectivity index (χ0n) is 11.9. The lowest BCUT2D eigenvalue weighted by Gasteiger charge is -2.11. The van der Waals surface area contributed by atoms with Crippen LogP contribution in [0.2, 0.25) is 0 Å². The molecule has 0 radical (unpaired) electrons. The molecule has 2 N–H and O–H groups in total. The highest BCUT2D eigenvalue weighted by Crippen LogP contribution is 2.35. The van der Waals surface area contributed by atoms with Gasteiger partial charge >= 0.3 is 0 Å². The second kappa shape index (κ2) is 8.27. The molecule has 3 nitrogen and oxygen atoms in total. The minimum Gasteiger partial charge on any atom is -0.485 e. The lowest BCUT2D eigenvalue weighted by atomic mass is 10.1. The van der Waals surface area contributed by atoms with E-state index in [0.717, 1.165) is 39.7 Å². The summed E-state index contributed by atoms with van der Waals surface area (Å²) >= 11 is 8.81. The molecule has 0 aliphatic carbocycles. The van der Waals surface area contributed by atoms with Crippen molar-refractivity contribution in [3.8, 4) is 5.75 Å². The highest BCUT2D eigenvalue weighted by atomic mass is 79.9. The standard InChI is InChI=1S/C15H18Br2N2OS/c1-2-3-14-19-11(9-21-14)8-20-15-12(16)6-10(4-5-18)7-13(15)17/h6-7,9H,2-5,8,18H2,1H3. The minimum absolute atomic E-state index is 0.480. The van der Waals surface area contributed by atoms with Crippen LogP contribution in [-0.2, 0) is 19.4 Å². The molecule has 0 spiro atoms. The number of aryl methyl sites for hydroxylation is 1. The first-order chi connectivity index (χ1) is 10.1. The van der Waals surface area contributed by atoms with Crippen LogP contribution in [0.25, 0.3) is 0 Å². The smallest absolute Gasteiger partial charge is 0.148 e. The Morgan fingerprint density at radius 2 is 1.95 bits per heavy atom. The molecule has 0 bridgehead atoms. The van der Waals surface area contributed by atoms with Crippen LogP contribution < -0.4 is 10.5 Å². The van der Waals surface area contributed by atoms with E-state index in [0.29, 0.717) is 13.2 Å². The second-order valence-electron chi connectivity index (χ2n) is 4.70. The third-order valence-electron chi connectivity index (χ3n) is 2.92. The van der Waals surface area contributed by atoms with Gasteiger partial charge in [0.25, 0.3) is 0 Å². The van der Waals surface area contributed by atoms with Gasteiger partial charge in [0.2, 0.25) is 0 Å². The molecule has 1 aromatic heterocycles. The summed E-state index contributed by atoms with van der Waals surface area (Å²) in [6.07, 6.45) is 3.00. The Labute approximate surface area is 146 Å². The molecule has 1 heterocycles. The number of rotatable bonds is 7. The van der Waals surface area contributed by atoms with Crippen LogP contribution in [0.1, 0.15) is 29.6 Å². The fourth-order valence-corrected chi connectivity index (χ4v) is 4.35. The van der Waals surface area contributed by atoms with Gasteiger partial charge in [-0.2, -0.15) is 0 Å². The van der Waals surface area contributed by atoms with Gasteiger partial charge in [-0.1, -0.05) is 6.92 Å². The van der Waals surface area contributed by atoms with E-state index in [2.05, 4.69) is 61.3 Å². The average molecular weight is 434 g/mol. The maximum absolute atomic E-state index is 5.90. The first-order valence-corrected chi connectivity index (χ1v) is 9.34. The van der Waals surface area contributed by atoms with Crippen LogP contribution in [0.5, 0.6) is 5.75 Å².